The molecule has 112 valence electrons. The van der Waals surface area contributed by atoms with Crippen molar-refractivity contribution in [2.75, 3.05) is 26.2 Å². The van der Waals surface area contributed by atoms with Crippen LogP contribution in [0.2, 0.25) is 0 Å². The lowest BCUT2D eigenvalue weighted by Crippen LogP contribution is -2.39. The normalized spacial score (nSPS) is 21.1. The highest BCUT2D eigenvalue weighted by Crippen LogP contribution is 2.31. The molecule has 0 aromatic heterocycles. The molecule has 0 amide bonds. The van der Waals surface area contributed by atoms with E-state index in [-0.39, 0.29) is 0 Å². The van der Waals surface area contributed by atoms with Gasteiger partial charge in [0.15, 0.2) is 0 Å². The van der Waals surface area contributed by atoms with Crippen LogP contribution >= 0.6 is 0 Å². The molecule has 0 spiro atoms. The number of aromatic hydroxyl groups is 1. The van der Waals surface area contributed by atoms with Gasteiger partial charge < -0.3 is 10.4 Å². The number of para-hydroxylation sites is 1. The number of phenols is 1. The predicted octanol–water partition coefficient (Wildman–Crippen LogP) is 3.16. The number of nitrogens with one attached hydrogen (secondary N) is 1. The molecule has 1 fully saturated rings. The first kappa shape index (κ1) is 15.3. The van der Waals surface area contributed by atoms with Crippen molar-refractivity contribution in [3.05, 3.63) is 29.8 Å². The summed E-state index contributed by atoms with van der Waals surface area (Å²) in [4.78, 5) is 2.52. The maximum atomic E-state index is 10.1. The van der Waals surface area contributed by atoms with Gasteiger partial charge in [-0.3, -0.25) is 4.90 Å². The zero-order valence-corrected chi connectivity index (χ0v) is 12.8. The van der Waals surface area contributed by atoms with Gasteiger partial charge in [-0.25, -0.2) is 0 Å². The van der Waals surface area contributed by atoms with Crippen LogP contribution in [0.1, 0.15) is 44.7 Å². The Bertz CT molecular complexity index is 402. The quantitative estimate of drug-likeness (QED) is 0.838. The van der Waals surface area contributed by atoms with Crippen LogP contribution in [0, 0.1) is 5.92 Å². The number of benzene rings is 1. The number of hydrogen-bond donors (Lipinski definition) is 2. The Balaban J connectivity index is 2.08. The van der Waals surface area contributed by atoms with Crippen LogP contribution in [-0.4, -0.2) is 36.2 Å². The topological polar surface area (TPSA) is 35.5 Å². The van der Waals surface area contributed by atoms with Gasteiger partial charge in [0.2, 0.25) is 0 Å². The molecule has 3 heteroatoms. The third-order valence-electron chi connectivity index (χ3n) is 4.42. The van der Waals surface area contributed by atoms with E-state index in [1.54, 1.807) is 6.07 Å². The second-order valence-electron chi connectivity index (χ2n) is 5.78. The van der Waals surface area contributed by atoms with Gasteiger partial charge in [-0.2, -0.15) is 0 Å². The van der Waals surface area contributed by atoms with Gasteiger partial charge in [-0.15, -0.1) is 0 Å². The maximum Gasteiger partial charge on any atom is 0.120 e. The van der Waals surface area contributed by atoms with Crippen LogP contribution in [0.4, 0.5) is 0 Å². The summed E-state index contributed by atoms with van der Waals surface area (Å²) in [6.07, 6.45) is 3.64. The standard InChI is InChI=1S/C17H28N2O/c1-3-16(15-9-5-6-10-17(15)20)19(4-2)13-14-8-7-11-18-12-14/h5-6,9-10,14,16,18,20H,3-4,7-8,11-13H2,1-2H3. The SMILES string of the molecule is CCC(c1ccccc1O)N(CC)CC1CCCNC1. The van der Waals surface area contributed by atoms with Gasteiger partial charge in [0.05, 0.1) is 0 Å². The predicted molar refractivity (Wildman–Crippen MR) is 84.0 cm³/mol. The molecule has 1 aromatic carbocycles. The monoisotopic (exact) mass is 276 g/mol. The number of piperidine rings is 1. The molecule has 1 aromatic rings. The van der Waals surface area contributed by atoms with E-state index >= 15 is 0 Å². The van der Waals surface area contributed by atoms with E-state index in [0.29, 0.717) is 11.8 Å². The highest BCUT2D eigenvalue weighted by atomic mass is 16.3. The Morgan fingerprint density at radius 3 is 2.75 bits per heavy atom. The summed E-state index contributed by atoms with van der Waals surface area (Å²) < 4.78 is 0. The average Bonchev–Trinajstić information content (AvgIpc) is 2.49. The van der Waals surface area contributed by atoms with Crippen molar-refractivity contribution in [2.45, 2.75) is 39.2 Å². The first-order valence-corrected chi connectivity index (χ1v) is 7.98. The van der Waals surface area contributed by atoms with E-state index in [1.807, 2.05) is 12.1 Å². The van der Waals surface area contributed by atoms with Crippen molar-refractivity contribution < 1.29 is 5.11 Å². The maximum absolute atomic E-state index is 10.1. The fourth-order valence-electron chi connectivity index (χ4n) is 3.33. The molecule has 0 radical (unpaired) electrons. The summed E-state index contributed by atoms with van der Waals surface area (Å²) in [7, 11) is 0. The van der Waals surface area contributed by atoms with Crippen LogP contribution in [-0.2, 0) is 0 Å². The van der Waals surface area contributed by atoms with Crippen molar-refractivity contribution in [1.29, 1.82) is 0 Å². The summed E-state index contributed by atoms with van der Waals surface area (Å²) in [5.41, 5.74) is 1.07. The van der Waals surface area contributed by atoms with Crippen molar-refractivity contribution in [1.82, 2.24) is 10.2 Å². The number of nitrogens with zero attached hydrogens (tertiary/aromatic N) is 1. The van der Waals surface area contributed by atoms with Gasteiger partial charge >= 0.3 is 0 Å². The Hall–Kier alpha value is -1.06. The smallest absolute Gasteiger partial charge is 0.120 e. The molecule has 1 aliphatic rings. The lowest BCUT2D eigenvalue weighted by molar-refractivity contribution is 0.155. The van der Waals surface area contributed by atoms with Crippen LogP contribution in [0.25, 0.3) is 0 Å². The molecule has 0 saturated carbocycles. The lowest BCUT2D eigenvalue weighted by atomic mass is 9.96. The van der Waals surface area contributed by atoms with Crippen LogP contribution in [0.5, 0.6) is 5.75 Å². The second kappa shape index (κ2) is 7.65. The van der Waals surface area contributed by atoms with E-state index in [9.17, 15) is 5.11 Å². The van der Waals surface area contributed by atoms with Gasteiger partial charge in [0.25, 0.3) is 0 Å². The summed E-state index contributed by atoms with van der Waals surface area (Å²) in [5, 5.41) is 13.6. The first-order chi connectivity index (χ1) is 9.76. The summed E-state index contributed by atoms with van der Waals surface area (Å²) in [6, 6.07) is 8.10. The van der Waals surface area contributed by atoms with Gasteiger partial charge in [0, 0.05) is 18.2 Å². The van der Waals surface area contributed by atoms with Crippen LogP contribution in [0.15, 0.2) is 24.3 Å². The summed E-state index contributed by atoms with van der Waals surface area (Å²) in [5.74, 6) is 1.17. The molecule has 0 bridgehead atoms. The summed E-state index contributed by atoms with van der Waals surface area (Å²) in [6.45, 7) is 8.88. The van der Waals surface area contributed by atoms with E-state index in [0.717, 1.165) is 37.5 Å². The second-order valence-corrected chi connectivity index (χ2v) is 5.78. The number of rotatable bonds is 6. The van der Waals surface area contributed by atoms with Gasteiger partial charge in [-0.05, 0) is 50.9 Å². The molecule has 2 rings (SSSR count). The molecular weight excluding hydrogens is 248 g/mol. The van der Waals surface area contributed by atoms with Crippen molar-refractivity contribution in [2.24, 2.45) is 5.92 Å². The molecule has 3 nitrogen and oxygen atoms in total. The zero-order chi connectivity index (χ0) is 14.4. The average molecular weight is 276 g/mol. The third-order valence-corrected chi connectivity index (χ3v) is 4.42. The molecule has 2 unspecified atom stereocenters. The Labute approximate surface area is 123 Å². The summed E-state index contributed by atoms with van der Waals surface area (Å²) >= 11 is 0. The minimum absolute atomic E-state index is 0.322. The molecule has 1 heterocycles. The van der Waals surface area contributed by atoms with Crippen LogP contribution in [0.3, 0.4) is 0 Å². The fraction of sp³-hybridized carbons (Fsp3) is 0.647. The molecule has 2 atom stereocenters. The Morgan fingerprint density at radius 2 is 2.15 bits per heavy atom. The van der Waals surface area contributed by atoms with Gasteiger partial charge in [0.1, 0.15) is 5.75 Å². The van der Waals surface area contributed by atoms with Crippen molar-refractivity contribution in [3.8, 4) is 5.75 Å². The van der Waals surface area contributed by atoms with Crippen molar-refractivity contribution in [3.63, 3.8) is 0 Å². The Morgan fingerprint density at radius 1 is 1.35 bits per heavy atom. The number of phenolic OH excluding ortho intramolecular Hbond substituents is 1. The highest BCUT2D eigenvalue weighted by Gasteiger charge is 2.23. The lowest BCUT2D eigenvalue weighted by Gasteiger charge is -2.35. The largest absolute Gasteiger partial charge is 0.508 e. The molecular formula is C17H28N2O. The molecule has 0 aliphatic carbocycles. The number of hydrogen-bond acceptors (Lipinski definition) is 3. The van der Waals surface area contributed by atoms with Crippen molar-refractivity contribution >= 4 is 0 Å². The van der Waals surface area contributed by atoms with Crippen LogP contribution < -0.4 is 5.32 Å². The molecule has 1 aliphatic heterocycles. The van der Waals surface area contributed by atoms with E-state index in [2.05, 4.69) is 30.1 Å². The Kier molecular flexibility index (Phi) is 5.86. The van der Waals surface area contributed by atoms with E-state index in [4.69, 9.17) is 0 Å². The van der Waals surface area contributed by atoms with E-state index < -0.39 is 0 Å². The van der Waals surface area contributed by atoms with E-state index in [1.165, 1.54) is 19.4 Å². The molecule has 1 saturated heterocycles. The van der Waals surface area contributed by atoms with Gasteiger partial charge in [-0.1, -0.05) is 32.0 Å². The zero-order valence-electron chi connectivity index (χ0n) is 12.8. The molecule has 20 heavy (non-hydrogen) atoms. The highest BCUT2D eigenvalue weighted by molar-refractivity contribution is 5.34. The minimum atomic E-state index is 0.322. The first-order valence-electron chi connectivity index (χ1n) is 7.98. The minimum Gasteiger partial charge on any atom is -0.508 e. The molecule has 2 N–H and O–H groups in total. The third kappa shape index (κ3) is 3.74. The fourth-order valence-corrected chi connectivity index (χ4v) is 3.33.